The van der Waals surface area contributed by atoms with Gasteiger partial charge in [0.25, 0.3) is 0 Å². The first-order valence-corrected chi connectivity index (χ1v) is 7.29. The highest BCUT2D eigenvalue weighted by Crippen LogP contribution is 2.18. The lowest BCUT2D eigenvalue weighted by atomic mass is 10.2. The van der Waals surface area contributed by atoms with Gasteiger partial charge in [-0.15, -0.1) is 0 Å². The first-order valence-electron chi connectivity index (χ1n) is 7.29. The predicted octanol–water partition coefficient (Wildman–Crippen LogP) is 2.93. The summed E-state index contributed by atoms with van der Waals surface area (Å²) in [6, 6.07) is 19.5. The smallest absolute Gasteiger partial charge is 0.183 e. The van der Waals surface area contributed by atoms with E-state index in [1.807, 2.05) is 60.7 Å². The second-order valence-corrected chi connectivity index (χ2v) is 4.91. The quantitative estimate of drug-likeness (QED) is 0.724. The lowest BCUT2D eigenvalue weighted by molar-refractivity contribution is -0.159. The van der Waals surface area contributed by atoms with E-state index in [2.05, 4.69) is 0 Å². The Morgan fingerprint density at radius 3 is 2.14 bits per heavy atom. The van der Waals surface area contributed by atoms with Gasteiger partial charge in [-0.2, -0.15) is 0 Å². The molecule has 1 N–H and O–H groups in total. The fourth-order valence-electron chi connectivity index (χ4n) is 2.05. The monoisotopic (exact) mass is 302 g/mol. The van der Waals surface area contributed by atoms with Gasteiger partial charge in [0.15, 0.2) is 6.29 Å². The topological polar surface area (TPSA) is 47.9 Å². The van der Waals surface area contributed by atoms with E-state index in [9.17, 15) is 5.11 Å². The van der Waals surface area contributed by atoms with E-state index in [0.717, 1.165) is 11.1 Å². The molecule has 2 unspecified atom stereocenters. The van der Waals surface area contributed by atoms with Gasteiger partial charge in [0.1, 0.15) is 6.10 Å². The molecule has 0 aliphatic rings. The van der Waals surface area contributed by atoms with Crippen LogP contribution in [0.3, 0.4) is 0 Å². The molecule has 0 aromatic heterocycles. The van der Waals surface area contributed by atoms with Crippen molar-refractivity contribution in [1.29, 1.82) is 0 Å². The summed E-state index contributed by atoms with van der Waals surface area (Å²) in [5.41, 5.74) is 2.00. The van der Waals surface area contributed by atoms with Gasteiger partial charge in [0, 0.05) is 12.7 Å². The molecule has 0 aliphatic heterocycles. The molecule has 0 spiro atoms. The number of rotatable bonds is 9. The highest BCUT2D eigenvalue weighted by molar-refractivity contribution is 5.16. The van der Waals surface area contributed by atoms with E-state index in [-0.39, 0.29) is 19.3 Å². The molecule has 0 aliphatic carbocycles. The minimum Gasteiger partial charge on any atom is -0.394 e. The standard InChI is InChI=1S/C18H22O4/c1-20-18(16-10-6-3-7-11-16)22-14-17(12-19)21-13-15-8-4-2-5-9-15/h2-11,17-19H,12-14H2,1H3. The predicted molar refractivity (Wildman–Crippen MR) is 84.2 cm³/mol. The molecule has 2 aromatic rings. The molecule has 0 saturated heterocycles. The Labute approximate surface area is 131 Å². The zero-order valence-electron chi connectivity index (χ0n) is 12.7. The van der Waals surface area contributed by atoms with Crippen LogP contribution in [-0.4, -0.2) is 31.5 Å². The first-order chi connectivity index (χ1) is 10.8. The summed E-state index contributed by atoms with van der Waals surface area (Å²) in [7, 11) is 1.59. The molecule has 22 heavy (non-hydrogen) atoms. The molecule has 0 bridgehead atoms. The zero-order valence-corrected chi connectivity index (χ0v) is 12.7. The van der Waals surface area contributed by atoms with Crippen molar-refractivity contribution in [2.75, 3.05) is 20.3 Å². The van der Waals surface area contributed by atoms with Crippen LogP contribution in [0.15, 0.2) is 60.7 Å². The van der Waals surface area contributed by atoms with Gasteiger partial charge in [0.2, 0.25) is 0 Å². The number of methoxy groups -OCH3 is 1. The maximum atomic E-state index is 9.41. The molecule has 0 heterocycles. The Balaban J connectivity index is 1.82. The van der Waals surface area contributed by atoms with Crippen LogP contribution in [0.5, 0.6) is 0 Å². The van der Waals surface area contributed by atoms with Crippen LogP contribution < -0.4 is 0 Å². The number of hydrogen-bond donors (Lipinski definition) is 1. The Kier molecular flexibility index (Phi) is 7.06. The van der Waals surface area contributed by atoms with Crippen molar-refractivity contribution in [3.8, 4) is 0 Å². The number of aliphatic hydroxyl groups excluding tert-OH is 1. The molecule has 0 radical (unpaired) electrons. The van der Waals surface area contributed by atoms with Gasteiger partial charge in [-0.05, 0) is 5.56 Å². The summed E-state index contributed by atoms with van der Waals surface area (Å²) >= 11 is 0. The molecule has 2 aromatic carbocycles. The third-order valence-electron chi connectivity index (χ3n) is 3.25. The lowest BCUT2D eigenvalue weighted by Gasteiger charge is -2.21. The first kappa shape index (κ1) is 16.6. The van der Waals surface area contributed by atoms with Gasteiger partial charge in [0.05, 0.1) is 19.8 Å². The number of ether oxygens (including phenoxy) is 3. The molecule has 2 atom stereocenters. The molecule has 118 valence electrons. The molecule has 0 saturated carbocycles. The molecule has 0 amide bonds. The summed E-state index contributed by atoms with van der Waals surface area (Å²) in [6.07, 6.45) is -0.850. The number of aliphatic hydroxyl groups is 1. The van der Waals surface area contributed by atoms with E-state index in [1.165, 1.54) is 0 Å². The van der Waals surface area contributed by atoms with E-state index in [4.69, 9.17) is 14.2 Å². The SMILES string of the molecule is COC(OCC(CO)OCc1ccccc1)c1ccccc1. The molecular weight excluding hydrogens is 280 g/mol. The van der Waals surface area contributed by atoms with E-state index < -0.39 is 6.29 Å². The summed E-state index contributed by atoms with van der Waals surface area (Å²) in [5, 5.41) is 9.41. The number of hydrogen-bond acceptors (Lipinski definition) is 4. The van der Waals surface area contributed by atoms with E-state index >= 15 is 0 Å². The zero-order chi connectivity index (χ0) is 15.6. The van der Waals surface area contributed by atoms with Crippen LogP contribution >= 0.6 is 0 Å². The summed E-state index contributed by atoms with van der Waals surface area (Å²) in [5.74, 6) is 0. The van der Waals surface area contributed by atoms with E-state index in [0.29, 0.717) is 6.61 Å². The van der Waals surface area contributed by atoms with Crippen molar-refractivity contribution in [2.24, 2.45) is 0 Å². The van der Waals surface area contributed by atoms with Crippen LogP contribution in [0.1, 0.15) is 17.4 Å². The normalized spacial score (nSPS) is 13.7. The third-order valence-corrected chi connectivity index (χ3v) is 3.25. The van der Waals surface area contributed by atoms with Crippen LogP contribution in [0, 0.1) is 0 Å². The Hall–Kier alpha value is -1.72. The second-order valence-electron chi connectivity index (χ2n) is 4.91. The third kappa shape index (κ3) is 5.24. The van der Waals surface area contributed by atoms with Crippen molar-refractivity contribution in [1.82, 2.24) is 0 Å². The minimum atomic E-state index is -0.462. The maximum Gasteiger partial charge on any atom is 0.183 e. The largest absolute Gasteiger partial charge is 0.394 e. The molecule has 0 fully saturated rings. The van der Waals surface area contributed by atoms with Crippen molar-refractivity contribution in [2.45, 2.75) is 19.0 Å². The van der Waals surface area contributed by atoms with Crippen LogP contribution in [0.4, 0.5) is 0 Å². The van der Waals surface area contributed by atoms with Crippen LogP contribution in [-0.2, 0) is 20.8 Å². The van der Waals surface area contributed by atoms with Crippen LogP contribution in [0.25, 0.3) is 0 Å². The van der Waals surface area contributed by atoms with Crippen molar-refractivity contribution < 1.29 is 19.3 Å². The molecule has 4 heteroatoms. The fraction of sp³-hybridized carbons (Fsp3) is 0.333. The molecular formula is C18H22O4. The minimum absolute atomic E-state index is 0.0991. The lowest BCUT2D eigenvalue weighted by Crippen LogP contribution is -2.25. The Morgan fingerprint density at radius 2 is 1.55 bits per heavy atom. The highest BCUT2D eigenvalue weighted by Gasteiger charge is 2.15. The number of benzene rings is 2. The summed E-state index contributed by atoms with van der Waals surface area (Å²) in [4.78, 5) is 0. The average molecular weight is 302 g/mol. The van der Waals surface area contributed by atoms with Crippen molar-refractivity contribution >= 4 is 0 Å². The van der Waals surface area contributed by atoms with Gasteiger partial charge < -0.3 is 19.3 Å². The fourth-order valence-corrected chi connectivity index (χ4v) is 2.05. The van der Waals surface area contributed by atoms with E-state index in [1.54, 1.807) is 7.11 Å². The highest BCUT2D eigenvalue weighted by atomic mass is 16.7. The van der Waals surface area contributed by atoms with Gasteiger partial charge >= 0.3 is 0 Å². The maximum absolute atomic E-state index is 9.41. The summed E-state index contributed by atoms with van der Waals surface area (Å²) < 4.78 is 16.7. The molecule has 4 nitrogen and oxygen atoms in total. The Bertz CT molecular complexity index is 515. The summed E-state index contributed by atoms with van der Waals surface area (Å²) in [6.45, 7) is 0.604. The Morgan fingerprint density at radius 1 is 0.909 bits per heavy atom. The van der Waals surface area contributed by atoms with Gasteiger partial charge in [-0.3, -0.25) is 0 Å². The van der Waals surface area contributed by atoms with Gasteiger partial charge in [-0.1, -0.05) is 60.7 Å². The molecule has 2 rings (SSSR count). The van der Waals surface area contributed by atoms with Crippen molar-refractivity contribution in [3.63, 3.8) is 0 Å². The van der Waals surface area contributed by atoms with Crippen molar-refractivity contribution in [3.05, 3.63) is 71.8 Å². The van der Waals surface area contributed by atoms with Crippen LogP contribution in [0.2, 0.25) is 0 Å². The second kappa shape index (κ2) is 9.33. The van der Waals surface area contributed by atoms with Gasteiger partial charge in [-0.25, -0.2) is 0 Å². The average Bonchev–Trinajstić information content (AvgIpc) is 2.60.